The van der Waals surface area contributed by atoms with Crippen LogP contribution in [0.5, 0.6) is 0 Å². The minimum absolute atomic E-state index is 0.154. The molecule has 4 heteroatoms. The van der Waals surface area contributed by atoms with Crippen molar-refractivity contribution in [2.45, 2.75) is 25.4 Å². The Kier molecular flexibility index (Phi) is 3.02. The number of aliphatic hydroxyl groups is 1. The van der Waals surface area contributed by atoms with Crippen molar-refractivity contribution in [1.82, 2.24) is 0 Å². The van der Waals surface area contributed by atoms with Gasteiger partial charge in [0.15, 0.2) is 0 Å². The number of esters is 1. The van der Waals surface area contributed by atoms with Crippen molar-refractivity contribution in [2.75, 3.05) is 6.61 Å². The van der Waals surface area contributed by atoms with E-state index in [1.54, 1.807) is 5.94 Å². The molecule has 0 amide bonds. The fourth-order valence-corrected chi connectivity index (χ4v) is 1.05. The Bertz CT molecular complexity index is 227. The Labute approximate surface area is 69.8 Å². The molecule has 1 rings (SSSR count). The first kappa shape index (κ1) is 8.97. The highest BCUT2D eigenvalue weighted by Gasteiger charge is 2.18. The molecule has 0 radical (unpaired) electrons. The first-order chi connectivity index (χ1) is 5.74. The highest BCUT2D eigenvalue weighted by Crippen LogP contribution is 2.13. The number of cyclic esters (lactones) is 1. The second-order valence-corrected chi connectivity index (χ2v) is 2.65. The van der Waals surface area contributed by atoms with Gasteiger partial charge < -0.3 is 9.84 Å². The van der Waals surface area contributed by atoms with Gasteiger partial charge in [-0.15, -0.1) is 0 Å². The predicted molar refractivity (Wildman–Crippen MR) is 40.0 cm³/mol. The lowest BCUT2D eigenvalue weighted by Crippen LogP contribution is -2.20. The van der Waals surface area contributed by atoms with E-state index in [0.717, 1.165) is 0 Å². The van der Waals surface area contributed by atoms with Crippen molar-refractivity contribution in [1.29, 1.82) is 0 Å². The van der Waals surface area contributed by atoms with Crippen LogP contribution in [0.3, 0.4) is 0 Å². The summed E-state index contributed by atoms with van der Waals surface area (Å²) < 4.78 is 4.70. The van der Waals surface area contributed by atoms with Crippen LogP contribution in [0, 0.1) is 0 Å². The van der Waals surface area contributed by atoms with Crippen molar-refractivity contribution in [3.05, 3.63) is 5.57 Å². The lowest BCUT2D eigenvalue weighted by Gasteiger charge is -2.15. The molecule has 66 valence electrons. The van der Waals surface area contributed by atoms with Crippen LogP contribution in [0.2, 0.25) is 0 Å². The zero-order valence-electron chi connectivity index (χ0n) is 6.58. The van der Waals surface area contributed by atoms with Crippen molar-refractivity contribution in [3.63, 3.8) is 0 Å². The highest BCUT2D eigenvalue weighted by molar-refractivity contribution is 5.70. The second-order valence-electron chi connectivity index (χ2n) is 2.65. The van der Waals surface area contributed by atoms with Gasteiger partial charge >= 0.3 is 5.97 Å². The number of carbonyl (C=O) groups excluding carboxylic acids is 2. The molecule has 1 aliphatic heterocycles. The van der Waals surface area contributed by atoms with Gasteiger partial charge in [0, 0.05) is 12.0 Å². The molecule has 0 aliphatic carbocycles. The largest absolute Gasteiger partial charge is 0.466 e. The highest BCUT2D eigenvalue weighted by atomic mass is 16.5. The van der Waals surface area contributed by atoms with Gasteiger partial charge in [-0.2, -0.15) is 0 Å². The number of carbonyl (C=O) groups is 1. The summed E-state index contributed by atoms with van der Waals surface area (Å²) in [5.74, 6) is 1.33. The lowest BCUT2D eigenvalue weighted by atomic mass is 10.0. The van der Waals surface area contributed by atoms with Crippen LogP contribution in [-0.4, -0.2) is 29.7 Å². The summed E-state index contributed by atoms with van der Waals surface area (Å²) in [6, 6.07) is 0. The molecule has 1 atom stereocenters. The number of hydrogen-bond acceptors (Lipinski definition) is 4. The first-order valence-electron chi connectivity index (χ1n) is 3.81. The topological polar surface area (TPSA) is 63.6 Å². The van der Waals surface area contributed by atoms with E-state index in [2.05, 4.69) is 0 Å². The fourth-order valence-electron chi connectivity index (χ4n) is 1.05. The molecule has 0 saturated carbocycles. The van der Waals surface area contributed by atoms with Gasteiger partial charge in [-0.25, -0.2) is 4.79 Å². The van der Waals surface area contributed by atoms with Gasteiger partial charge in [0.05, 0.1) is 19.1 Å². The molecular formula is C8H10O4. The molecule has 0 aromatic heterocycles. The van der Waals surface area contributed by atoms with Gasteiger partial charge in [-0.3, -0.25) is 4.79 Å². The van der Waals surface area contributed by atoms with E-state index in [1.807, 2.05) is 0 Å². The minimum Gasteiger partial charge on any atom is -0.466 e. The summed E-state index contributed by atoms with van der Waals surface area (Å²) in [6.07, 6.45) is -0.0999. The van der Waals surface area contributed by atoms with E-state index in [-0.39, 0.29) is 37.4 Å². The second kappa shape index (κ2) is 4.04. The average molecular weight is 170 g/mol. The third kappa shape index (κ3) is 2.19. The number of ether oxygens (including phenoxy) is 1. The minimum atomic E-state index is -0.796. The lowest BCUT2D eigenvalue weighted by molar-refractivity contribution is -0.144. The predicted octanol–water partition coefficient (Wildman–Crippen LogP) is -0.168. The van der Waals surface area contributed by atoms with E-state index in [4.69, 9.17) is 4.74 Å². The number of hydrogen-bond donors (Lipinski definition) is 1. The molecule has 1 N–H and O–H groups in total. The monoisotopic (exact) mass is 170 g/mol. The summed E-state index contributed by atoms with van der Waals surface area (Å²) >= 11 is 0. The average Bonchev–Trinajstić information content (AvgIpc) is 2.03. The van der Waals surface area contributed by atoms with Gasteiger partial charge in [0.25, 0.3) is 0 Å². The Hall–Kier alpha value is -1.12. The maximum Gasteiger partial charge on any atom is 0.306 e. The van der Waals surface area contributed by atoms with E-state index in [0.29, 0.717) is 0 Å². The molecule has 0 aromatic carbocycles. The number of rotatable bonds is 0. The van der Waals surface area contributed by atoms with Gasteiger partial charge in [-0.05, 0) is 6.42 Å². The van der Waals surface area contributed by atoms with Crippen molar-refractivity contribution in [3.8, 4) is 0 Å². The van der Waals surface area contributed by atoms with Gasteiger partial charge in [0.2, 0.25) is 0 Å². The molecular weight excluding hydrogens is 160 g/mol. The zero-order valence-corrected chi connectivity index (χ0v) is 6.58. The molecule has 0 bridgehead atoms. The van der Waals surface area contributed by atoms with Crippen molar-refractivity contribution >= 4 is 11.9 Å². The smallest absolute Gasteiger partial charge is 0.306 e. The van der Waals surface area contributed by atoms with Crippen LogP contribution < -0.4 is 0 Å². The van der Waals surface area contributed by atoms with Gasteiger partial charge in [0.1, 0.15) is 5.94 Å². The molecule has 0 aromatic rings. The Morgan fingerprint density at radius 2 is 2.25 bits per heavy atom. The van der Waals surface area contributed by atoms with Crippen molar-refractivity contribution in [2.24, 2.45) is 0 Å². The van der Waals surface area contributed by atoms with E-state index < -0.39 is 6.10 Å². The summed E-state index contributed by atoms with van der Waals surface area (Å²) in [4.78, 5) is 21.0. The van der Waals surface area contributed by atoms with E-state index in [1.165, 1.54) is 0 Å². The van der Waals surface area contributed by atoms with Crippen molar-refractivity contribution < 1.29 is 19.4 Å². The first-order valence-corrected chi connectivity index (χ1v) is 3.81. The molecule has 1 aliphatic rings. The van der Waals surface area contributed by atoms with Crippen LogP contribution in [-0.2, 0) is 14.3 Å². The Morgan fingerprint density at radius 3 is 2.92 bits per heavy atom. The van der Waals surface area contributed by atoms with Crippen LogP contribution in [0.4, 0.5) is 0 Å². The summed E-state index contributed by atoms with van der Waals surface area (Å²) in [5, 5.41) is 9.27. The van der Waals surface area contributed by atoms with Crippen LogP contribution >= 0.6 is 0 Å². The molecule has 4 nitrogen and oxygen atoms in total. The maximum absolute atomic E-state index is 10.8. The summed E-state index contributed by atoms with van der Waals surface area (Å²) in [5.41, 5.74) is 0.270. The van der Waals surface area contributed by atoms with Crippen LogP contribution in [0.25, 0.3) is 0 Å². The third-order valence-electron chi connectivity index (χ3n) is 1.79. The van der Waals surface area contributed by atoms with E-state index in [9.17, 15) is 14.7 Å². The maximum atomic E-state index is 10.8. The Balaban J connectivity index is 2.63. The van der Waals surface area contributed by atoms with Crippen LogP contribution in [0.15, 0.2) is 5.57 Å². The molecule has 1 fully saturated rings. The SMILES string of the molecule is O=C=C1CCC(=O)OCCC1O. The third-order valence-corrected chi connectivity index (χ3v) is 1.79. The summed E-state index contributed by atoms with van der Waals surface area (Å²) in [6.45, 7) is 0.172. The molecule has 1 unspecified atom stereocenters. The van der Waals surface area contributed by atoms with Crippen LogP contribution in [0.1, 0.15) is 19.3 Å². The summed E-state index contributed by atoms with van der Waals surface area (Å²) in [7, 11) is 0. The number of aliphatic hydroxyl groups excluding tert-OH is 1. The van der Waals surface area contributed by atoms with Gasteiger partial charge in [-0.1, -0.05) is 0 Å². The quantitative estimate of drug-likeness (QED) is 0.405. The molecule has 0 spiro atoms. The fraction of sp³-hybridized carbons (Fsp3) is 0.625. The van der Waals surface area contributed by atoms with E-state index >= 15 is 0 Å². The zero-order chi connectivity index (χ0) is 8.97. The molecule has 1 saturated heterocycles. The standard InChI is InChI=1S/C8H10O4/c9-5-6-1-2-8(11)12-4-3-7(6)10/h7,10H,1-4H2. The molecule has 1 heterocycles. The normalized spacial score (nSPS) is 25.2. The molecule has 12 heavy (non-hydrogen) atoms. The Morgan fingerprint density at radius 1 is 1.50 bits per heavy atom.